The Morgan fingerprint density at radius 1 is 0.950 bits per heavy atom. The minimum absolute atomic E-state index is 0.0663. The second kappa shape index (κ2) is 12.6. The molecule has 0 radical (unpaired) electrons. The molecule has 1 aliphatic heterocycles. The molecule has 3 aromatic carbocycles. The molecule has 40 heavy (non-hydrogen) atoms. The van der Waals surface area contributed by atoms with Crippen molar-refractivity contribution in [3.63, 3.8) is 0 Å². The summed E-state index contributed by atoms with van der Waals surface area (Å²) in [6.07, 6.45) is 0.130. The Morgan fingerprint density at radius 2 is 1.62 bits per heavy atom. The number of benzene rings is 3. The number of fused-ring (bicyclic) bond motifs is 1. The van der Waals surface area contributed by atoms with Gasteiger partial charge >= 0.3 is 0 Å². The van der Waals surface area contributed by atoms with Crippen LogP contribution in [0.5, 0.6) is 17.2 Å². The van der Waals surface area contributed by atoms with E-state index in [2.05, 4.69) is 0 Å². The minimum atomic E-state index is -3.92. The number of ether oxygens (including phenoxy) is 3. The lowest BCUT2D eigenvalue weighted by Gasteiger charge is -2.41. The normalized spacial score (nSPS) is 14.9. The van der Waals surface area contributed by atoms with Crippen molar-refractivity contribution in [2.24, 2.45) is 11.3 Å². The number of aliphatic hydroxyl groups is 1. The average Bonchev–Trinajstić information content (AvgIpc) is 3.41. The predicted octanol–water partition coefficient (Wildman–Crippen LogP) is 6.05. The molecule has 1 heterocycles. The van der Waals surface area contributed by atoms with Gasteiger partial charge in [-0.1, -0.05) is 77.1 Å². The van der Waals surface area contributed by atoms with Crippen molar-refractivity contribution in [1.29, 1.82) is 0 Å². The molecule has 2 atom stereocenters. The maximum Gasteiger partial charge on any atom is 0.243 e. The first kappa shape index (κ1) is 29.9. The van der Waals surface area contributed by atoms with Gasteiger partial charge in [0.2, 0.25) is 16.8 Å². The summed E-state index contributed by atoms with van der Waals surface area (Å²) >= 11 is 0. The van der Waals surface area contributed by atoms with Gasteiger partial charge in [-0.05, 0) is 59.6 Å². The molecule has 7 nitrogen and oxygen atoms in total. The lowest BCUT2D eigenvalue weighted by atomic mass is 9.77. The molecule has 0 spiro atoms. The second-order valence-corrected chi connectivity index (χ2v) is 13.4. The van der Waals surface area contributed by atoms with Gasteiger partial charge in [-0.3, -0.25) is 0 Å². The fourth-order valence-electron chi connectivity index (χ4n) is 5.12. The lowest BCUT2D eigenvalue weighted by molar-refractivity contribution is -0.00783. The van der Waals surface area contributed by atoms with Crippen LogP contribution in [0.25, 0.3) is 0 Å². The highest BCUT2D eigenvalue weighted by atomic mass is 32.2. The molecule has 8 heteroatoms. The van der Waals surface area contributed by atoms with Crippen molar-refractivity contribution < 1.29 is 27.7 Å². The highest BCUT2D eigenvalue weighted by molar-refractivity contribution is 7.89. The van der Waals surface area contributed by atoms with E-state index >= 15 is 0 Å². The van der Waals surface area contributed by atoms with Gasteiger partial charge in [0.15, 0.2) is 11.5 Å². The Hall–Kier alpha value is -3.07. The van der Waals surface area contributed by atoms with Crippen molar-refractivity contribution >= 4 is 10.0 Å². The molecule has 0 saturated heterocycles. The zero-order chi connectivity index (χ0) is 28.9. The third kappa shape index (κ3) is 6.97. The molecule has 0 aliphatic carbocycles. The highest BCUT2D eigenvalue weighted by Crippen LogP contribution is 2.37. The molecule has 4 rings (SSSR count). The summed E-state index contributed by atoms with van der Waals surface area (Å²) in [7, 11) is -3.92. The molecule has 1 N–H and O–H groups in total. The van der Waals surface area contributed by atoms with Crippen molar-refractivity contribution in [3.05, 3.63) is 83.9 Å². The van der Waals surface area contributed by atoms with Gasteiger partial charge in [0.1, 0.15) is 12.4 Å². The van der Waals surface area contributed by atoms with Crippen LogP contribution in [0.1, 0.15) is 52.2 Å². The van der Waals surface area contributed by atoms with E-state index in [1.54, 1.807) is 12.1 Å². The molecule has 1 unspecified atom stereocenters. The Bertz CT molecular complexity index is 1360. The largest absolute Gasteiger partial charge is 0.489 e. The van der Waals surface area contributed by atoms with Crippen LogP contribution in [0.4, 0.5) is 0 Å². The van der Waals surface area contributed by atoms with Crippen LogP contribution in [-0.2, 0) is 23.1 Å². The van der Waals surface area contributed by atoms with E-state index in [0.29, 0.717) is 30.9 Å². The third-order valence-corrected chi connectivity index (χ3v) is 9.17. The van der Waals surface area contributed by atoms with Crippen molar-refractivity contribution in [2.45, 2.75) is 71.1 Å². The summed E-state index contributed by atoms with van der Waals surface area (Å²) in [5, 5.41) is 11.7. The number of hydrogen-bond acceptors (Lipinski definition) is 6. The predicted molar refractivity (Wildman–Crippen MR) is 156 cm³/mol. The van der Waals surface area contributed by atoms with E-state index in [4.69, 9.17) is 14.2 Å². The van der Waals surface area contributed by atoms with E-state index in [1.807, 2.05) is 89.2 Å². The number of nitrogens with zero attached hydrogens (tertiary/aromatic N) is 1. The van der Waals surface area contributed by atoms with Crippen LogP contribution in [0.15, 0.2) is 77.7 Å². The quantitative estimate of drug-likeness (QED) is 0.271. The molecule has 0 saturated carbocycles. The first-order valence-electron chi connectivity index (χ1n) is 13.9. The lowest BCUT2D eigenvalue weighted by Crippen LogP contribution is -2.53. The fraction of sp³-hybridized carbons (Fsp3) is 0.438. The van der Waals surface area contributed by atoms with Crippen molar-refractivity contribution in [2.75, 3.05) is 13.3 Å². The van der Waals surface area contributed by atoms with Crippen molar-refractivity contribution in [1.82, 2.24) is 4.31 Å². The molecule has 0 fully saturated rings. The van der Waals surface area contributed by atoms with Crippen LogP contribution in [0.3, 0.4) is 0 Å². The number of aliphatic hydroxyl groups excluding tert-OH is 1. The third-order valence-electron chi connectivity index (χ3n) is 7.28. The zero-order valence-electron chi connectivity index (χ0n) is 24.0. The van der Waals surface area contributed by atoms with Gasteiger partial charge < -0.3 is 19.3 Å². The first-order valence-corrected chi connectivity index (χ1v) is 15.3. The number of hydrogen-bond donors (Lipinski definition) is 1. The summed E-state index contributed by atoms with van der Waals surface area (Å²) < 4.78 is 46.1. The standard InChI is InChI=1S/C32H41NO6S/c1-6-28(33(20-23(2)3)40(35,36)27-16-17-29-30(18-27)39-22-38-29)31(34)32(4,5)19-24-12-14-26(15-13-24)37-21-25-10-8-7-9-11-25/h7-18,23,28,31,34H,6,19-22H2,1-5H3/t28?,31-/m0/s1. The molecule has 1 aliphatic rings. The summed E-state index contributed by atoms with van der Waals surface area (Å²) in [5.74, 6) is 1.78. The Kier molecular flexibility index (Phi) is 9.44. The van der Waals surface area contributed by atoms with E-state index in [0.717, 1.165) is 16.9 Å². The van der Waals surface area contributed by atoms with Crippen LogP contribution < -0.4 is 14.2 Å². The van der Waals surface area contributed by atoms with Gasteiger partial charge in [-0.25, -0.2) is 8.42 Å². The Balaban J connectivity index is 1.51. The molecule has 0 aromatic heterocycles. The molecular weight excluding hydrogens is 526 g/mol. The summed E-state index contributed by atoms with van der Waals surface area (Å²) in [6, 6.07) is 22.0. The topological polar surface area (TPSA) is 85.3 Å². The average molecular weight is 568 g/mol. The van der Waals surface area contributed by atoms with Crippen molar-refractivity contribution in [3.8, 4) is 17.2 Å². The fourth-order valence-corrected chi connectivity index (χ4v) is 7.01. The zero-order valence-corrected chi connectivity index (χ0v) is 24.9. The number of rotatable bonds is 13. The SMILES string of the molecule is CCC([C@H](O)C(C)(C)Cc1ccc(OCc2ccccc2)cc1)N(CC(C)C)S(=O)(=O)c1ccc2c(c1)OCO2. The Labute approximate surface area is 238 Å². The van der Waals surface area contributed by atoms with Crippen LogP contribution in [0, 0.1) is 11.3 Å². The van der Waals surface area contributed by atoms with E-state index in [1.165, 1.54) is 10.4 Å². The molecule has 3 aromatic rings. The van der Waals surface area contributed by atoms with Crippen LogP contribution in [-0.4, -0.2) is 43.3 Å². The monoisotopic (exact) mass is 567 g/mol. The van der Waals surface area contributed by atoms with Gasteiger partial charge in [-0.2, -0.15) is 4.31 Å². The summed E-state index contributed by atoms with van der Waals surface area (Å²) in [6.45, 7) is 10.7. The Morgan fingerprint density at radius 3 is 2.27 bits per heavy atom. The maximum absolute atomic E-state index is 14.0. The van der Waals surface area contributed by atoms with E-state index < -0.39 is 27.6 Å². The van der Waals surface area contributed by atoms with E-state index in [9.17, 15) is 13.5 Å². The minimum Gasteiger partial charge on any atom is -0.489 e. The van der Waals surface area contributed by atoms with Crippen LogP contribution >= 0.6 is 0 Å². The number of sulfonamides is 1. The van der Waals surface area contributed by atoms with E-state index in [-0.39, 0.29) is 24.2 Å². The summed E-state index contributed by atoms with van der Waals surface area (Å²) in [5.41, 5.74) is 1.54. The molecule has 216 valence electrons. The van der Waals surface area contributed by atoms with Gasteiger partial charge in [-0.15, -0.1) is 0 Å². The maximum atomic E-state index is 14.0. The highest BCUT2D eigenvalue weighted by Gasteiger charge is 2.41. The first-order chi connectivity index (χ1) is 19.0. The molecule has 0 amide bonds. The van der Waals surface area contributed by atoms with Gasteiger partial charge in [0.05, 0.1) is 17.0 Å². The molecule has 0 bridgehead atoms. The summed E-state index contributed by atoms with van der Waals surface area (Å²) in [4.78, 5) is 0.131. The van der Waals surface area contributed by atoms with Crippen LogP contribution in [0.2, 0.25) is 0 Å². The smallest absolute Gasteiger partial charge is 0.243 e. The molecular formula is C32H41NO6S. The second-order valence-electron chi connectivity index (χ2n) is 11.5. The van der Waals surface area contributed by atoms with Gasteiger partial charge in [0, 0.05) is 12.6 Å². The van der Waals surface area contributed by atoms with Gasteiger partial charge in [0.25, 0.3) is 0 Å².